The second kappa shape index (κ2) is 4.96. The fourth-order valence-corrected chi connectivity index (χ4v) is 3.44. The van der Waals surface area contributed by atoms with Gasteiger partial charge in [0.15, 0.2) is 0 Å². The van der Waals surface area contributed by atoms with Crippen LogP contribution in [0.1, 0.15) is 10.4 Å². The van der Waals surface area contributed by atoms with E-state index in [1.807, 2.05) is 49.0 Å². The fourth-order valence-electron chi connectivity index (χ4n) is 2.71. The van der Waals surface area contributed by atoms with E-state index in [2.05, 4.69) is 27.2 Å². The zero-order valence-electron chi connectivity index (χ0n) is 11.9. The smallest absolute Gasteiger partial charge is 0.273 e. The summed E-state index contributed by atoms with van der Waals surface area (Å²) in [6, 6.07) is 12.1. The highest BCUT2D eigenvalue weighted by Gasteiger charge is 2.25. The summed E-state index contributed by atoms with van der Waals surface area (Å²) in [7, 11) is 2.01. The highest BCUT2D eigenvalue weighted by atomic mass is 32.1. The zero-order chi connectivity index (χ0) is 15.1. The van der Waals surface area contributed by atoms with E-state index >= 15 is 0 Å². The number of benzene rings is 1. The van der Waals surface area contributed by atoms with Crippen molar-refractivity contribution in [2.75, 3.05) is 0 Å². The number of nitrogens with one attached hydrogen (secondary N) is 1. The van der Waals surface area contributed by atoms with Gasteiger partial charge in [-0.25, -0.2) is 5.43 Å². The maximum atomic E-state index is 12.1. The Morgan fingerprint density at radius 2 is 2.09 bits per heavy atom. The Morgan fingerprint density at radius 1 is 1.23 bits per heavy atom. The maximum absolute atomic E-state index is 12.1. The van der Waals surface area contributed by atoms with Crippen LogP contribution < -0.4 is 5.43 Å². The van der Waals surface area contributed by atoms with Crippen LogP contribution in [-0.2, 0) is 11.8 Å². The molecule has 1 aromatic carbocycles. The van der Waals surface area contributed by atoms with Gasteiger partial charge in [0, 0.05) is 29.7 Å². The van der Waals surface area contributed by atoms with E-state index in [1.54, 1.807) is 11.3 Å². The lowest BCUT2D eigenvalue weighted by Crippen LogP contribution is -2.13. The molecule has 22 heavy (non-hydrogen) atoms. The highest BCUT2D eigenvalue weighted by molar-refractivity contribution is 7.12. The summed E-state index contributed by atoms with van der Waals surface area (Å²) >= 11 is 1.58. The highest BCUT2D eigenvalue weighted by Crippen LogP contribution is 2.26. The van der Waals surface area contributed by atoms with E-state index in [1.165, 1.54) is 0 Å². The van der Waals surface area contributed by atoms with Gasteiger partial charge >= 0.3 is 0 Å². The lowest BCUT2D eigenvalue weighted by atomic mass is 10.1. The Balaban J connectivity index is 1.87. The molecule has 0 spiro atoms. The van der Waals surface area contributed by atoms with Gasteiger partial charge in [-0.15, -0.1) is 11.3 Å². The van der Waals surface area contributed by atoms with Crippen molar-refractivity contribution in [1.82, 2.24) is 9.99 Å². The molecule has 0 radical (unpaired) electrons. The zero-order valence-corrected chi connectivity index (χ0v) is 12.7. The van der Waals surface area contributed by atoms with Crippen molar-refractivity contribution in [2.24, 2.45) is 12.1 Å². The van der Waals surface area contributed by atoms with E-state index in [-0.39, 0.29) is 5.91 Å². The van der Waals surface area contributed by atoms with Crippen LogP contribution in [0.3, 0.4) is 0 Å². The molecule has 4 nitrogen and oxygen atoms in total. The molecule has 0 unspecified atom stereocenters. The van der Waals surface area contributed by atoms with Crippen molar-refractivity contribution in [2.45, 2.75) is 0 Å². The summed E-state index contributed by atoms with van der Waals surface area (Å²) in [5, 5.41) is 7.29. The number of hydrogen-bond acceptors (Lipinski definition) is 3. The predicted octanol–water partition coefficient (Wildman–Crippen LogP) is 3.16. The first-order valence-corrected chi connectivity index (χ1v) is 7.80. The number of amides is 1. The first kappa shape index (κ1) is 13.0. The monoisotopic (exact) mass is 307 g/mol. The Labute approximate surface area is 131 Å². The molecule has 0 fully saturated rings. The third kappa shape index (κ3) is 1.98. The first-order chi connectivity index (χ1) is 10.7. The lowest BCUT2D eigenvalue weighted by Gasteiger charge is -1.98. The summed E-state index contributed by atoms with van der Waals surface area (Å²) in [6.45, 7) is 0. The summed E-state index contributed by atoms with van der Waals surface area (Å²) in [5.41, 5.74) is 6.05. The number of thiophene rings is 1. The molecule has 0 aliphatic carbocycles. The van der Waals surface area contributed by atoms with Crippen molar-refractivity contribution in [3.63, 3.8) is 0 Å². The molecule has 3 aromatic rings. The Hall–Kier alpha value is -2.66. The number of aromatic nitrogens is 1. The van der Waals surface area contributed by atoms with Crippen LogP contribution in [0.15, 0.2) is 58.6 Å². The summed E-state index contributed by atoms with van der Waals surface area (Å²) in [6.07, 6.45) is 3.96. The molecule has 1 aliphatic heterocycles. The number of hydrogen-bond donors (Lipinski definition) is 1. The minimum absolute atomic E-state index is 0.156. The van der Waals surface area contributed by atoms with E-state index < -0.39 is 0 Å². The molecule has 5 heteroatoms. The van der Waals surface area contributed by atoms with Crippen LogP contribution in [0.4, 0.5) is 0 Å². The fraction of sp³-hybridized carbons (Fsp3) is 0.0588. The van der Waals surface area contributed by atoms with E-state index in [4.69, 9.17) is 0 Å². The molecular formula is C17H13N3OS. The van der Waals surface area contributed by atoms with Crippen molar-refractivity contribution in [1.29, 1.82) is 0 Å². The molecule has 1 aliphatic rings. The van der Waals surface area contributed by atoms with Gasteiger partial charge in [0.2, 0.25) is 0 Å². The summed E-state index contributed by atoms with van der Waals surface area (Å²) < 4.78 is 2.07. The topological polar surface area (TPSA) is 46.4 Å². The molecule has 108 valence electrons. The van der Waals surface area contributed by atoms with Gasteiger partial charge in [0.05, 0.1) is 10.5 Å². The lowest BCUT2D eigenvalue weighted by molar-refractivity contribution is -0.116. The van der Waals surface area contributed by atoms with Crippen molar-refractivity contribution in [3.05, 3.63) is 64.0 Å². The van der Waals surface area contributed by atoms with Crippen LogP contribution in [0.2, 0.25) is 0 Å². The number of aryl methyl sites for hydroxylation is 1. The van der Waals surface area contributed by atoms with Crippen molar-refractivity contribution >= 4 is 39.9 Å². The average molecular weight is 307 g/mol. The third-order valence-electron chi connectivity index (χ3n) is 3.75. The van der Waals surface area contributed by atoms with Crippen LogP contribution in [-0.4, -0.2) is 16.2 Å². The molecule has 1 N–H and O–H groups in total. The van der Waals surface area contributed by atoms with E-state index in [0.29, 0.717) is 11.3 Å². The van der Waals surface area contributed by atoms with E-state index in [0.717, 1.165) is 21.3 Å². The Bertz CT molecular complexity index is 932. The summed E-state index contributed by atoms with van der Waals surface area (Å²) in [4.78, 5) is 13.1. The summed E-state index contributed by atoms with van der Waals surface area (Å²) in [5.74, 6) is -0.156. The molecule has 0 saturated carbocycles. The van der Waals surface area contributed by atoms with Crippen LogP contribution in [0.5, 0.6) is 0 Å². The SMILES string of the molecule is Cn1cc(C=C2C(=O)NN=C2c2cccs2)c2ccccc21. The van der Waals surface area contributed by atoms with Gasteiger partial charge in [0.1, 0.15) is 5.71 Å². The molecule has 0 saturated heterocycles. The van der Waals surface area contributed by atoms with Gasteiger partial charge in [-0.1, -0.05) is 24.3 Å². The number of para-hydroxylation sites is 1. The quantitative estimate of drug-likeness (QED) is 0.726. The van der Waals surface area contributed by atoms with Gasteiger partial charge < -0.3 is 4.57 Å². The Kier molecular flexibility index (Phi) is 2.94. The van der Waals surface area contributed by atoms with Gasteiger partial charge in [0.25, 0.3) is 5.91 Å². The number of carbonyl (C=O) groups is 1. The number of rotatable bonds is 2. The maximum Gasteiger partial charge on any atom is 0.273 e. The minimum Gasteiger partial charge on any atom is -0.350 e. The molecule has 3 heterocycles. The van der Waals surface area contributed by atoms with Crippen LogP contribution in [0.25, 0.3) is 17.0 Å². The van der Waals surface area contributed by atoms with Gasteiger partial charge in [-0.2, -0.15) is 5.10 Å². The number of carbonyl (C=O) groups excluding carboxylic acids is 1. The van der Waals surface area contributed by atoms with Crippen molar-refractivity contribution < 1.29 is 4.79 Å². The van der Waals surface area contributed by atoms with E-state index in [9.17, 15) is 4.79 Å². The largest absolute Gasteiger partial charge is 0.350 e. The van der Waals surface area contributed by atoms with Gasteiger partial charge in [-0.3, -0.25) is 4.79 Å². The molecule has 0 atom stereocenters. The Morgan fingerprint density at radius 3 is 2.91 bits per heavy atom. The third-order valence-corrected chi connectivity index (χ3v) is 4.63. The molecule has 0 bridgehead atoms. The molecule has 2 aromatic heterocycles. The van der Waals surface area contributed by atoms with Crippen molar-refractivity contribution in [3.8, 4) is 0 Å². The molecule has 4 rings (SSSR count). The number of hydrazone groups is 1. The normalized spacial score (nSPS) is 16.3. The van der Waals surface area contributed by atoms with Gasteiger partial charge in [-0.05, 0) is 23.6 Å². The molecular weight excluding hydrogens is 294 g/mol. The standard InChI is InChI=1S/C17H13N3OS/c1-20-10-11(12-5-2-3-6-14(12)20)9-13-16(18-19-17(13)21)15-7-4-8-22-15/h2-10H,1H3,(H,19,21). The number of nitrogens with zero attached hydrogens (tertiary/aromatic N) is 2. The minimum atomic E-state index is -0.156. The molecule has 1 amide bonds. The number of fused-ring (bicyclic) bond motifs is 1. The second-order valence-electron chi connectivity index (χ2n) is 5.15. The van der Waals surface area contributed by atoms with Crippen LogP contribution >= 0.6 is 11.3 Å². The average Bonchev–Trinajstić information content (AvgIpc) is 3.23. The van der Waals surface area contributed by atoms with Crippen LogP contribution in [0, 0.1) is 0 Å². The first-order valence-electron chi connectivity index (χ1n) is 6.92. The second-order valence-corrected chi connectivity index (χ2v) is 6.10. The predicted molar refractivity (Wildman–Crippen MR) is 89.9 cm³/mol.